The van der Waals surface area contributed by atoms with Crippen molar-refractivity contribution in [1.82, 2.24) is 0 Å². The van der Waals surface area contributed by atoms with E-state index >= 15 is 0 Å². The average Bonchev–Trinajstić information content (AvgIpc) is 2.27. The lowest BCUT2D eigenvalue weighted by atomic mass is 10.0. The number of rotatable bonds is 5. The number of alkyl halides is 2. The number of amides is 1. The van der Waals surface area contributed by atoms with Gasteiger partial charge in [0.1, 0.15) is 6.10 Å². The molecular weight excluding hydrogens is 232 g/mol. The summed E-state index contributed by atoms with van der Waals surface area (Å²) in [5.74, 6) is -0.749. The van der Waals surface area contributed by atoms with Crippen LogP contribution in [0.5, 0.6) is 0 Å². The predicted molar refractivity (Wildman–Crippen MR) is 56.2 cm³/mol. The van der Waals surface area contributed by atoms with Gasteiger partial charge in [0.25, 0.3) is 6.43 Å². The first kappa shape index (κ1) is 13.5. The predicted octanol–water partition coefficient (Wildman–Crippen LogP) is 0.894. The molecule has 0 fully saturated rings. The van der Waals surface area contributed by atoms with Crippen molar-refractivity contribution in [3.8, 4) is 0 Å². The number of halogens is 2. The molecule has 0 aromatic heterocycles. The van der Waals surface area contributed by atoms with E-state index in [2.05, 4.69) is 0 Å². The molecule has 0 radical (unpaired) electrons. The Bertz CT molecular complexity index is 381. The summed E-state index contributed by atoms with van der Waals surface area (Å²) in [7, 11) is 0. The van der Waals surface area contributed by atoms with Crippen LogP contribution in [0.25, 0.3) is 0 Å². The molecule has 2 unspecified atom stereocenters. The minimum absolute atomic E-state index is 0.176. The van der Waals surface area contributed by atoms with Gasteiger partial charge in [0.2, 0.25) is 5.91 Å². The molecule has 0 bridgehead atoms. The van der Waals surface area contributed by atoms with Crippen molar-refractivity contribution < 1.29 is 23.8 Å². The molecule has 2 atom stereocenters. The number of hydrogen-bond acceptors (Lipinski definition) is 3. The quantitative estimate of drug-likeness (QED) is 0.720. The number of carbonyl (C=O) groups is 1. The maximum atomic E-state index is 12.3. The smallest absolute Gasteiger partial charge is 0.263 e. The van der Waals surface area contributed by atoms with Crippen LogP contribution >= 0.6 is 0 Å². The van der Waals surface area contributed by atoms with Gasteiger partial charge in [-0.05, 0) is 5.56 Å². The molecule has 1 rings (SSSR count). The summed E-state index contributed by atoms with van der Waals surface area (Å²) in [6.45, 7) is 0. The van der Waals surface area contributed by atoms with E-state index in [-0.39, 0.29) is 11.1 Å². The summed E-state index contributed by atoms with van der Waals surface area (Å²) in [5, 5.41) is 19.0. The van der Waals surface area contributed by atoms with Gasteiger partial charge in [0.05, 0.1) is 12.5 Å². The van der Waals surface area contributed by atoms with Crippen molar-refractivity contribution in [2.45, 2.75) is 25.1 Å². The van der Waals surface area contributed by atoms with Crippen molar-refractivity contribution in [1.29, 1.82) is 0 Å². The SMILES string of the molecule is NC(=O)CC(O)C(O)c1ccc(C(F)F)cc1. The molecule has 1 aromatic carbocycles. The van der Waals surface area contributed by atoms with E-state index in [1.807, 2.05) is 0 Å². The lowest BCUT2D eigenvalue weighted by Gasteiger charge is -2.17. The van der Waals surface area contributed by atoms with E-state index in [9.17, 15) is 23.8 Å². The fourth-order valence-corrected chi connectivity index (χ4v) is 1.38. The molecule has 0 aliphatic rings. The Hall–Kier alpha value is -1.53. The van der Waals surface area contributed by atoms with Crippen LogP contribution < -0.4 is 5.73 Å². The average molecular weight is 245 g/mol. The van der Waals surface area contributed by atoms with E-state index in [0.717, 1.165) is 12.1 Å². The van der Waals surface area contributed by atoms with Crippen molar-refractivity contribution >= 4 is 5.91 Å². The fraction of sp³-hybridized carbons (Fsp3) is 0.364. The second kappa shape index (κ2) is 5.70. The largest absolute Gasteiger partial charge is 0.390 e. The van der Waals surface area contributed by atoms with E-state index in [1.54, 1.807) is 0 Å². The molecule has 0 saturated heterocycles. The highest BCUT2D eigenvalue weighted by atomic mass is 19.3. The summed E-state index contributed by atoms with van der Waals surface area (Å²) < 4.78 is 24.5. The Morgan fingerprint density at radius 3 is 2.06 bits per heavy atom. The van der Waals surface area contributed by atoms with Crippen LogP contribution in [0.1, 0.15) is 30.1 Å². The van der Waals surface area contributed by atoms with Crippen molar-refractivity contribution in [2.75, 3.05) is 0 Å². The molecule has 1 aromatic rings. The summed E-state index contributed by atoms with van der Waals surface area (Å²) >= 11 is 0. The molecule has 17 heavy (non-hydrogen) atoms. The molecule has 0 aliphatic carbocycles. The Morgan fingerprint density at radius 2 is 1.65 bits per heavy atom. The number of hydrogen-bond donors (Lipinski definition) is 3. The Kier molecular flexibility index (Phi) is 4.53. The summed E-state index contributed by atoms with van der Waals surface area (Å²) in [6.07, 6.45) is -5.64. The van der Waals surface area contributed by atoms with Gasteiger partial charge in [-0.2, -0.15) is 0 Å². The van der Waals surface area contributed by atoms with Crippen molar-refractivity contribution in [2.24, 2.45) is 5.73 Å². The summed E-state index contributed by atoms with van der Waals surface area (Å²) in [4.78, 5) is 10.5. The third-order valence-corrected chi connectivity index (χ3v) is 2.30. The number of aliphatic hydroxyl groups excluding tert-OH is 2. The maximum absolute atomic E-state index is 12.3. The highest BCUT2D eigenvalue weighted by Gasteiger charge is 2.20. The number of primary amides is 1. The topological polar surface area (TPSA) is 83.6 Å². The van der Waals surface area contributed by atoms with Crippen LogP contribution in [0.3, 0.4) is 0 Å². The van der Waals surface area contributed by atoms with Crippen LogP contribution in [0, 0.1) is 0 Å². The van der Waals surface area contributed by atoms with Gasteiger partial charge < -0.3 is 15.9 Å². The van der Waals surface area contributed by atoms with Gasteiger partial charge in [0, 0.05) is 5.56 Å². The van der Waals surface area contributed by atoms with Gasteiger partial charge in [-0.25, -0.2) is 8.78 Å². The lowest BCUT2D eigenvalue weighted by Crippen LogP contribution is -2.25. The highest BCUT2D eigenvalue weighted by Crippen LogP contribution is 2.23. The number of benzene rings is 1. The standard InChI is InChI=1S/C11H13F2NO3/c12-11(13)7-3-1-6(2-4-7)10(17)8(15)5-9(14)16/h1-4,8,10-11,15,17H,5H2,(H2,14,16). The van der Waals surface area contributed by atoms with Crippen molar-refractivity contribution in [3.05, 3.63) is 35.4 Å². The zero-order chi connectivity index (χ0) is 13.0. The van der Waals surface area contributed by atoms with Crippen LogP contribution in [0.2, 0.25) is 0 Å². The zero-order valence-electron chi connectivity index (χ0n) is 8.88. The Morgan fingerprint density at radius 1 is 1.18 bits per heavy atom. The minimum atomic E-state index is -2.59. The maximum Gasteiger partial charge on any atom is 0.263 e. The molecular formula is C11H13F2NO3. The highest BCUT2D eigenvalue weighted by molar-refractivity contribution is 5.74. The monoisotopic (exact) mass is 245 g/mol. The molecule has 4 N–H and O–H groups in total. The third kappa shape index (κ3) is 3.76. The van der Waals surface area contributed by atoms with Gasteiger partial charge in [-0.1, -0.05) is 24.3 Å². The Labute approximate surface area is 96.7 Å². The second-order valence-electron chi connectivity index (χ2n) is 3.65. The summed E-state index contributed by atoms with van der Waals surface area (Å²) in [5.41, 5.74) is 4.94. The van der Waals surface area contributed by atoms with E-state index in [4.69, 9.17) is 5.73 Å². The van der Waals surface area contributed by atoms with E-state index in [1.165, 1.54) is 12.1 Å². The van der Waals surface area contributed by atoms with Crippen molar-refractivity contribution in [3.63, 3.8) is 0 Å². The normalized spacial score (nSPS) is 14.6. The number of carbonyl (C=O) groups excluding carboxylic acids is 1. The van der Waals surface area contributed by atoms with Crippen LogP contribution in [-0.2, 0) is 4.79 Å². The van der Waals surface area contributed by atoms with Gasteiger partial charge >= 0.3 is 0 Å². The molecule has 1 amide bonds. The zero-order valence-corrected chi connectivity index (χ0v) is 8.88. The molecule has 4 nitrogen and oxygen atoms in total. The number of aliphatic hydroxyl groups is 2. The molecule has 0 heterocycles. The first-order chi connectivity index (χ1) is 7.91. The van der Waals surface area contributed by atoms with Gasteiger partial charge in [-0.3, -0.25) is 4.79 Å². The van der Waals surface area contributed by atoms with Crippen LogP contribution in [0.4, 0.5) is 8.78 Å². The molecule has 0 saturated carbocycles. The first-order valence-corrected chi connectivity index (χ1v) is 4.94. The minimum Gasteiger partial charge on any atom is -0.390 e. The second-order valence-corrected chi connectivity index (χ2v) is 3.65. The third-order valence-electron chi connectivity index (χ3n) is 2.30. The van der Waals surface area contributed by atoms with E-state index in [0.29, 0.717) is 0 Å². The van der Waals surface area contributed by atoms with E-state index < -0.39 is 31.0 Å². The molecule has 0 spiro atoms. The first-order valence-electron chi connectivity index (χ1n) is 4.94. The fourth-order valence-electron chi connectivity index (χ4n) is 1.38. The van der Waals surface area contributed by atoms with Crippen LogP contribution in [-0.4, -0.2) is 22.2 Å². The summed E-state index contributed by atoms with van der Waals surface area (Å²) in [6, 6.07) is 4.85. The number of nitrogens with two attached hydrogens (primary N) is 1. The van der Waals surface area contributed by atoms with Gasteiger partial charge in [0.15, 0.2) is 0 Å². The molecule has 6 heteroatoms. The molecule has 94 valence electrons. The van der Waals surface area contributed by atoms with Gasteiger partial charge in [-0.15, -0.1) is 0 Å². The van der Waals surface area contributed by atoms with Crippen LogP contribution in [0.15, 0.2) is 24.3 Å². The molecule has 0 aliphatic heterocycles. The lowest BCUT2D eigenvalue weighted by molar-refractivity contribution is -0.121. The Balaban J connectivity index is 2.75.